The predicted molar refractivity (Wildman–Crippen MR) is 75.5 cm³/mol. The molecule has 0 radical (unpaired) electrons. The first-order valence-corrected chi connectivity index (χ1v) is 6.90. The average Bonchev–Trinajstić information content (AvgIpc) is 2.33. The number of anilines is 1. The lowest BCUT2D eigenvalue weighted by atomic mass is 10.0. The zero-order valence-electron chi connectivity index (χ0n) is 10.8. The molecule has 1 unspecified atom stereocenters. The maximum atomic E-state index is 3.61. The molecule has 1 aromatic carbocycles. The normalized spacial score (nSPS) is 22.5. The number of rotatable bonds is 3. The topological polar surface area (TPSA) is 12.0 Å². The van der Waals surface area contributed by atoms with E-state index in [1.807, 2.05) is 0 Å². The van der Waals surface area contributed by atoms with Gasteiger partial charge < -0.3 is 5.32 Å². The summed E-state index contributed by atoms with van der Waals surface area (Å²) in [5.74, 6) is 0. The van der Waals surface area contributed by atoms with E-state index >= 15 is 0 Å². The number of aryl methyl sites for hydroxylation is 1. The van der Waals surface area contributed by atoms with Gasteiger partial charge in [0.15, 0.2) is 0 Å². The second kappa shape index (κ2) is 6.48. The van der Waals surface area contributed by atoms with Crippen molar-refractivity contribution in [1.82, 2.24) is 0 Å². The Hall–Kier alpha value is -1.24. The van der Waals surface area contributed by atoms with E-state index in [1.54, 1.807) is 0 Å². The maximum absolute atomic E-state index is 3.61. The van der Waals surface area contributed by atoms with Crippen LogP contribution >= 0.6 is 0 Å². The third-order valence-electron chi connectivity index (χ3n) is 3.47. The number of allylic oxidation sites excluding steroid dienone is 1. The Kier molecular flexibility index (Phi) is 4.66. The molecule has 1 aromatic rings. The zero-order valence-corrected chi connectivity index (χ0v) is 10.8. The molecule has 1 N–H and O–H groups in total. The van der Waals surface area contributed by atoms with Gasteiger partial charge in [0.25, 0.3) is 0 Å². The van der Waals surface area contributed by atoms with Gasteiger partial charge in [0, 0.05) is 11.7 Å². The van der Waals surface area contributed by atoms with Gasteiger partial charge in [-0.3, -0.25) is 0 Å². The first kappa shape index (κ1) is 12.2. The number of nitrogens with one attached hydrogen (secondary N) is 1. The standard InChI is InChI=1S/C16H23N/c1-2-14-10-12-16(13-11-14)17-15-8-6-4-3-5-7-9-15/h6,8,10-13,15,17H,2-5,7,9H2,1H3/b8-6+. The summed E-state index contributed by atoms with van der Waals surface area (Å²) in [4.78, 5) is 0. The Bertz CT molecular complexity index is 350. The Labute approximate surface area is 105 Å². The predicted octanol–water partition coefficient (Wildman–Crippen LogP) is 4.55. The van der Waals surface area contributed by atoms with E-state index in [0.29, 0.717) is 6.04 Å². The zero-order chi connectivity index (χ0) is 11.9. The largest absolute Gasteiger partial charge is 0.379 e. The second-order valence-electron chi connectivity index (χ2n) is 4.87. The van der Waals surface area contributed by atoms with Crippen LogP contribution in [0.25, 0.3) is 0 Å². The summed E-state index contributed by atoms with van der Waals surface area (Å²) >= 11 is 0. The molecule has 2 rings (SSSR count). The molecular formula is C16H23N. The summed E-state index contributed by atoms with van der Waals surface area (Å²) in [5.41, 5.74) is 2.65. The van der Waals surface area contributed by atoms with Crippen LogP contribution < -0.4 is 5.32 Å². The molecule has 0 saturated carbocycles. The molecule has 0 saturated heterocycles. The fraction of sp³-hybridized carbons (Fsp3) is 0.500. The molecule has 0 amide bonds. The molecule has 1 heteroatoms. The molecule has 0 aromatic heterocycles. The van der Waals surface area contributed by atoms with Crippen molar-refractivity contribution in [1.29, 1.82) is 0 Å². The van der Waals surface area contributed by atoms with Crippen molar-refractivity contribution in [3.8, 4) is 0 Å². The number of hydrogen-bond donors (Lipinski definition) is 1. The van der Waals surface area contributed by atoms with Crippen LogP contribution in [0.1, 0.15) is 44.6 Å². The van der Waals surface area contributed by atoms with E-state index in [2.05, 4.69) is 48.7 Å². The van der Waals surface area contributed by atoms with Crippen LogP contribution in [0.5, 0.6) is 0 Å². The SMILES string of the molecule is CCc1ccc(NC2/C=C/CCCCC2)cc1. The van der Waals surface area contributed by atoms with Gasteiger partial charge in [-0.05, 0) is 43.4 Å². The summed E-state index contributed by atoms with van der Waals surface area (Å²) in [6.07, 6.45) is 12.4. The van der Waals surface area contributed by atoms with Crippen LogP contribution in [0.3, 0.4) is 0 Å². The van der Waals surface area contributed by atoms with Crippen molar-refractivity contribution in [2.24, 2.45) is 0 Å². The van der Waals surface area contributed by atoms with Crippen LogP contribution in [0.4, 0.5) is 5.69 Å². The summed E-state index contributed by atoms with van der Waals surface area (Å²) in [5, 5.41) is 3.61. The Morgan fingerprint density at radius 1 is 1.12 bits per heavy atom. The number of benzene rings is 1. The van der Waals surface area contributed by atoms with Crippen LogP contribution in [0.2, 0.25) is 0 Å². The van der Waals surface area contributed by atoms with Crippen molar-refractivity contribution in [3.63, 3.8) is 0 Å². The summed E-state index contributed by atoms with van der Waals surface area (Å²) in [7, 11) is 0. The quantitative estimate of drug-likeness (QED) is 0.750. The van der Waals surface area contributed by atoms with E-state index < -0.39 is 0 Å². The van der Waals surface area contributed by atoms with Crippen LogP contribution in [0, 0.1) is 0 Å². The molecule has 0 heterocycles. The summed E-state index contributed by atoms with van der Waals surface area (Å²) < 4.78 is 0. The molecule has 0 bridgehead atoms. The van der Waals surface area contributed by atoms with E-state index in [9.17, 15) is 0 Å². The Balaban J connectivity index is 1.95. The molecule has 0 fully saturated rings. The second-order valence-corrected chi connectivity index (χ2v) is 4.87. The highest BCUT2D eigenvalue weighted by atomic mass is 14.9. The van der Waals surface area contributed by atoms with Crippen molar-refractivity contribution in [3.05, 3.63) is 42.0 Å². The molecule has 1 nitrogen and oxygen atoms in total. The third-order valence-corrected chi connectivity index (χ3v) is 3.47. The molecular weight excluding hydrogens is 206 g/mol. The first-order valence-electron chi connectivity index (χ1n) is 6.90. The first-order chi connectivity index (χ1) is 8.38. The molecule has 0 aliphatic heterocycles. The smallest absolute Gasteiger partial charge is 0.0444 e. The van der Waals surface area contributed by atoms with Gasteiger partial charge in [-0.25, -0.2) is 0 Å². The Morgan fingerprint density at radius 2 is 1.94 bits per heavy atom. The third kappa shape index (κ3) is 3.92. The van der Waals surface area contributed by atoms with Crippen LogP contribution in [0.15, 0.2) is 36.4 Å². The van der Waals surface area contributed by atoms with E-state index in [0.717, 1.165) is 6.42 Å². The maximum Gasteiger partial charge on any atom is 0.0444 e. The fourth-order valence-electron chi connectivity index (χ4n) is 2.33. The highest BCUT2D eigenvalue weighted by molar-refractivity contribution is 5.46. The molecule has 17 heavy (non-hydrogen) atoms. The van der Waals surface area contributed by atoms with E-state index in [4.69, 9.17) is 0 Å². The van der Waals surface area contributed by atoms with Gasteiger partial charge in [-0.2, -0.15) is 0 Å². The minimum Gasteiger partial charge on any atom is -0.379 e. The summed E-state index contributed by atoms with van der Waals surface area (Å²) in [6.45, 7) is 2.19. The lowest BCUT2D eigenvalue weighted by Gasteiger charge is -2.18. The minimum atomic E-state index is 0.516. The van der Waals surface area contributed by atoms with Gasteiger partial charge in [-0.15, -0.1) is 0 Å². The van der Waals surface area contributed by atoms with Gasteiger partial charge in [0.1, 0.15) is 0 Å². The molecule has 1 aliphatic carbocycles. The Morgan fingerprint density at radius 3 is 2.71 bits per heavy atom. The lowest BCUT2D eigenvalue weighted by molar-refractivity contribution is 0.610. The minimum absolute atomic E-state index is 0.516. The van der Waals surface area contributed by atoms with E-state index in [1.165, 1.54) is 43.4 Å². The molecule has 0 spiro atoms. The molecule has 1 aliphatic rings. The van der Waals surface area contributed by atoms with Gasteiger partial charge >= 0.3 is 0 Å². The van der Waals surface area contributed by atoms with Crippen molar-refractivity contribution in [2.45, 2.75) is 51.5 Å². The van der Waals surface area contributed by atoms with Crippen molar-refractivity contribution in [2.75, 3.05) is 5.32 Å². The fourth-order valence-corrected chi connectivity index (χ4v) is 2.33. The summed E-state index contributed by atoms with van der Waals surface area (Å²) in [6, 6.07) is 9.35. The highest BCUT2D eigenvalue weighted by Gasteiger charge is 2.06. The number of hydrogen-bond acceptors (Lipinski definition) is 1. The van der Waals surface area contributed by atoms with Gasteiger partial charge in [0.2, 0.25) is 0 Å². The molecule has 92 valence electrons. The average molecular weight is 229 g/mol. The molecule has 1 atom stereocenters. The lowest BCUT2D eigenvalue weighted by Crippen LogP contribution is -2.17. The monoisotopic (exact) mass is 229 g/mol. The van der Waals surface area contributed by atoms with Crippen LogP contribution in [-0.2, 0) is 6.42 Å². The van der Waals surface area contributed by atoms with Crippen molar-refractivity contribution >= 4 is 5.69 Å². The van der Waals surface area contributed by atoms with E-state index in [-0.39, 0.29) is 0 Å². The van der Waals surface area contributed by atoms with Gasteiger partial charge in [-0.1, -0.05) is 44.1 Å². The highest BCUT2D eigenvalue weighted by Crippen LogP contribution is 2.17. The van der Waals surface area contributed by atoms with Crippen molar-refractivity contribution < 1.29 is 0 Å². The van der Waals surface area contributed by atoms with Gasteiger partial charge in [0.05, 0.1) is 0 Å². The van der Waals surface area contributed by atoms with Crippen LogP contribution in [-0.4, -0.2) is 6.04 Å².